The van der Waals surface area contributed by atoms with Crippen molar-refractivity contribution < 1.29 is 19.7 Å². The Morgan fingerprint density at radius 1 is 1.67 bits per heavy atom. The lowest BCUT2D eigenvalue weighted by Gasteiger charge is -2.01. The highest BCUT2D eigenvalue weighted by atomic mass is 16.5. The van der Waals surface area contributed by atoms with Crippen LogP contribution in [-0.4, -0.2) is 28.3 Å². The van der Waals surface area contributed by atoms with Gasteiger partial charge in [-0.25, -0.2) is 9.78 Å². The number of ether oxygens (including phenoxy) is 1. The van der Waals surface area contributed by atoms with Crippen LogP contribution in [0.15, 0.2) is 12.3 Å². The highest BCUT2D eigenvalue weighted by Crippen LogP contribution is 2.22. The van der Waals surface area contributed by atoms with E-state index >= 15 is 0 Å². The molecule has 0 aliphatic rings. The van der Waals surface area contributed by atoms with Crippen LogP contribution in [0.25, 0.3) is 0 Å². The Hall–Kier alpha value is -1.78. The van der Waals surface area contributed by atoms with Gasteiger partial charge in [0.1, 0.15) is 0 Å². The molecule has 0 fully saturated rings. The summed E-state index contributed by atoms with van der Waals surface area (Å²) < 4.78 is 4.66. The van der Waals surface area contributed by atoms with Crippen molar-refractivity contribution in [3.63, 3.8) is 0 Å². The van der Waals surface area contributed by atoms with Gasteiger partial charge >= 0.3 is 5.97 Å². The molecule has 0 atom stereocenters. The van der Waals surface area contributed by atoms with Gasteiger partial charge in [0.25, 0.3) is 5.88 Å². The van der Waals surface area contributed by atoms with E-state index in [0.29, 0.717) is 0 Å². The minimum atomic E-state index is -1.11. The molecule has 0 bridgehead atoms. The summed E-state index contributed by atoms with van der Waals surface area (Å²) in [6.07, 6.45) is 1.06. The van der Waals surface area contributed by atoms with Gasteiger partial charge in [-0.3, -0.25) is 0 Å². The fourth-order valence-electron chi connectivity index (χ4n) is 0.705. The molecule has 0 spiro atoms. The molecular formula is C7H7NO4. The summed E-state index contributed by atoms with van der Waals surface area (Å²) >= 11 is 0. The second-order valence-corrected chi connectivity index (χ2v) is 2.06. The van der Waals surface area contributed by atoms with Crippen molar-refractivity contribution >= 4 is 5.97 Å². The highest BCUT2D eigenvalue weighted by molar-refractivity contribution is 5.87. The Labute approximate surface area is 68.2 Å². The number of hydrogen-bond acceptors (Lipinski definition) is 4. The zero-order valence-corrected chi connectivity index (χ0v) is 6.31. The van der Waals surface area contributed by atoms with Gasteiger partial charge < -0.3 is 14.9 Å². The van der Waals surface area contributed by atoms with Gasteiger partial charge in [-0.1, -0.05) is 0 Å². The van der Waals surface area contributed by atoms with Crippen molar-refractivity contribution in [2.24, 2.45) is 0 Å². The fraction of sp³-hybridized carbons (Fsp3) is 0.143. The number of nitrogens with zero attached hydrogens (tertiary/aromatic N) is 1. The molecule has 2 N–H and O–H groups in total. The molecule has 0 aliphatic heterocycles. The van der Waals surface area contributed by atoms with Gasteiger partial charge in [0.05, 0.1) is 12.7 Å². The average Bonchev–Trinajstić information content (AvgIpc) is 2.05. The van der Waals surface area contributed by atoms with E-state index in [-0.39, 0.29) is 17.2 Å². The molecule has 0 amide bonds. The maximum Gasteiger partial charge on any atom is 0.337 e. The van der Waals surface area contributed by atoms with Crippen molar-refractivity contribution in [1.29, 1.82) is 0 Å². The number of aromatic hydroxyl groups is 1. The van der Waals surface area contributed by atoms with Gasteiger partial charge in [0, 0.05) is 12.3 Å². The highest BCUT2D eigenvalue weighted by Gasteiger charge is 2.08. The minimum absolute atomic E-state index is 0.0235. The first kappa shape index (κ1) is 8.32. The molecule has 1 aromatic heterocycles. The first-order valence-electron chi connectivity index (χ1n) is 3.11. The Balaban J connectivity index is 3.13. The Morgan fingerprint density at radius 2 is 2.33 bits per heavy atom. The molecule has 0 aliphatic carbocycles. The van der Waals surface area contributed by atoms with Crippen LogP contribution in [0.2, 0.25) is 0 Å². The summed E-state index contributed by atoms with van der Waals surface area (Å²) in [7, 11) is 1.32. The number of rotatable bonds is 2. The molecule has 0 radical (unpaired) electrons. The van der Waals surface area contributed by atoms with E-state index in [1.807, 2.05) is 0 Å². The van der Waals surface area contributed by atoms with Crippen LogP contribution >= 0.6 is 0 Å². The second kappa shape index (κ2) is 3.08. The lowest BCUT2D eigenvalue weighted by atomic mass is 10.3. The molecule has 1 heterocycles. The number of hydrogen-bond donors (Lipinski definition) is 2. The lowest BCUT2D eigenvalue weighted by molar-refractivity contribution is 0.0696. The molecule has 0 saturated heterocycles. The van der Waals surface area contributed by atoms with E-state index in [1.54, 1.807) is 0 Å². The number of pyridine rings is 1. The third-order valence-electron chi connectivity index (χ3n) is 1.30. The van der Waals surface area contributed by atoms with Crippen LogP contribution in [-0.2, 0) is 0 Å². The van der Waals surface area contributed by atoms with Crippen LogP contribution in [0.4, 0.5) is 0 Å². The first-order valence-corrected chi connectivity index (χ1v) is 3.11. The number of carboxylic acids is 1. The van der Waals surface area contributed by atoms with Gasteiger partial charge in [0.15, 0.2) is 5.75 Å². The number of carbonyl (C=O) groups is 1. The monoisotopic (exact) mass is 169 g/mol. The summed E-state index contributed by atoms with van der Waals surface area (Å²) in [6, 6.07) is 1.20. The molecule has 5 nitrogen and oxygen atoms in total. The van der Waals surface area contributed by atoms with Crippen molar-refractivity contribution in [2.75, 3.05) is 7.11 Å². The SMILES string of the molecule is COc1cc(C(=O)O)cnc1O. The fourth-order valence-corrected chi connectivity index (χ4v) is 0.705. The minimum Gasteiger partial charge on any atom is -0.491 e. The van der Waals surface area contributed by atoms with E-state index in [1.165, 1.54) is 13.2 Å². The smallest absolute Gasteiger partial charge is 0.337 e. The van der Waals surface area contributed by atoms with Crippen molar-refractivity contribution in [1.82, 2.24) is 4.98 Å². The molecule has 5 heteroatoms. The predicted octanol–water partition coefficient (Wildman–Crippen LogP) is 0.494. The quantitative estimate of drug-likeness (QED) is 0.673. The summed E-state index contributed by atoms with van der Waals surface area (Å²) in [5.41, 5.74) is -0.0235. The maximum atomic E-state index is 10.4. The molecule has 0 unspecified atom stereocenters. The van der Waals surface area contributed by atoms with Crippen LogP contribution in [0, 0.1) is 0 Å². The van der Waals surface area contributed by atoms with Crippen LogP contribution in [0.3, 0.4) is 0 Å². The zero-order valence-electron chi connectivity index (χ0n) is 6.31. The van der Waals surface area contributed by atoms with E-state index in [4.69, 9.17) is 10.2 Å². The maximum absolute atomic E-state index is 10.4. The Morgan fingerprint density at radius 3 is 2.83 bits per heavy atom. The summed E-state index contributed by atoms with van der Waals surface area (Å²) in [6.45, 7) is 0. The number of carboxylic acid groups (broad SMARTS) is 1. The van der Waals surface area contributed by atoms with Crippen LogP contribution in [0.5, 0.6) is 11.6 Å². The van der Waals surface area contributed by atoms with Gasteiger partial charge in [-0.2, -0.15) is 0 Å². The Kier molecular flexibility index (Phi) is 2.14. The number of aromatic nitrogens is 1. The third-order valence-corrected chi connectivity index (χ3v) is 1.30. The molecule has 12 heavy (non-hydrogen) atoms. The molecule has 0 aromatic carbocycles. The van der Waals surface area contributed by atoms with E-state index < -0.39 is 5.97 Å². The number of aromatic carboxylic acids is 1. The zero-order chi connectivity index (χ0) is 9.14. The summed E-state index contributed by atoms with van der Waals surface area (Å²) in [5, 5.41) is 17.5. The second-order valence-electron chi connectivity index (χ2n) is 2.06. The van der Waals surface area contributed by atoms with Crippen molar-refractivity contribution in [3.8, 4) is 11.6 Å². The summed E-state index contributed by atoms with van der Waals surface area (Å²) in [5.74, 6) is -1.38. The molecule has 64 valence electrons. The van der Waals surface area contributed by atoms with Gasteiger partial charge in [0.2, 0.25) is 0 Å². The largest absolute Gasteiger partial charge is 0.491 e. The Bertz CT molecular complexity index is 310. The van der Waals surface area contributed by atoms with Crippen LogP contribution in [0.1, 0.15) is 10.4 Å². The van der Waals surface area contributed by atoms with E-state index in [0.717, 1.165) is 6.20 Å². The third kappa shape index (κ3) is 1.45. The summed E-state index contributed by atoms with van der Waals surface area (Å²) in [4.78, 5) is 13.8. The van der Waals surface area contributed by atoms with E-state index in [2.05, 4.69) is 9.72 Å². The molecular weight excluding hydrogens is 162 g/mol. The van der Waals surface area contributed by atoms with E-state index in [9.17, 15) is 4.79 Å². The number of methoxy groups -OCH3 is 1. The first-order chi connectivity index (χ1) is 5.65. The van der Waals surface area contributed by atoms with Gasteiger partial charge in [-0.05, 0) is 0 Å². The average molecular weight is 169 g/mol. The van der Waals surface area contributed by atoms with Gasteiger partial charge in [-0.15, -0.1) is 0 Å². The normalized spacial score (nSPS) is 9.42. The van der Waals surface area contributed by atoms with Crippen molar-refractivity contribution in [2.45, 2.75) is 0 Å². The standard InChI is InChI=1S/C7H7NO4/c1-12-5-2-4(7(10)11)3-8-6(5)9/h2-3H,1H3,(H,8,9)(H,10,11). The predicted molar refractivity (Wildman–Crippen MR) is 39.4 cm³/mol. The molecule has 1 aromatic rings. The van der Waals surface area contributed by atoms with Crippen LogP contribution < -0.4 is 4.74 Å². The molecule has 0 saturated carbocycles. The van der Waals surface area contributed by atoms with Crippen molar-refractivity contribution in [3.05, 3.63) is 17.8 Å². The topological polar surface area (TPSA) is 79.7 Å². The molecule has 1 rings (SSSR count). The lowest BCUT2D eigenvalue weighted by Crippen LogP contribution is -1.98.